The molecule has 0 aromatic carbocycles. The fourth-order valence-corrected chi connectivity index (χ4v) is 15.3. The molecular formula is C77H117FN23O38P5. The van der Waals surface area contributed by atoms with Crippen molar-refractivity contribution in [3.8, 4) is 0 Å². The summed E-state index contributed by atoms with van der Waals surface area (Å²) >= 11 is 0. The average Bonchev–Trinajstić information content (AvgIpc) is 1.62. The fraction of sp³-hybridized carbons (Fsp3) is 0.571. The zero-order chi connectivity index (χ0) is 106. The predicted octanol–water partition coefficient (Wildman–Crippen LogP) is 9.12. The van der Waals surface area contributed by atoms with E-state index in [1.165, 1.54) is 51.4 Å². The van der Waals surface area contributed by atoms with Crippen LogP contribution in [-0.2, 0) is 163 Å². The van der Waals surface area contributed by atoms with Gasteiger partial charge in [0.2, 0.25) is 46.4 Å². The number of nitrogens with two attached hydrogens (primary N) is 5. The van der Waals surface area contributed by atoms with E-state index in [-0.39, 0.29) is 55.9 Å². The van der Waals surface area contributed by atoms with Crippen LogP contribution in [0.1, 0.15) is 139 Å². The molecule has 3 unspecified atom stereocenters. The van der Waals surface area contributed by atoms with Gasteiger partial charge in [0.15, 0.2) is 34.9 Å². The van der Waals surface area contributed by atoms with Crippen LogP contribution in [0.2, 0.25) is 0 Å². The highest BCUT2D eigenvalue weighted by Crippen LogP contribution is 2.51. The maximum atomic E-state index is 13.1. The molecule has 10 aromatic rings. The van der Waals surface area contributed by atoms with E-state index in [0.717, 1.165) is 18.5 Å². The molecule has 1 saturated carbocycles. The molecule has 800 valence electrons. The van der Waals surface area contributed by atoms with Gasteiger partial charge in [0.25, 0.3) is 0 Å². The first-order valence-electron chi connectivity index (χ1n) is 43.2. The van der Waals surface area contributed by atoms with Crippen LogP contribution in [0, 0.1) is 0 Å². The Morgan fingerprint density at radius 3 is 1.11 bits per heavy atom. The molecule has 67 heteroatoms. The summed E-state index contributed by atoms with van der Waals surface area (Å²) in [5.74, 6) is 2.37. The Hall–Kier alpha value is -12.0. The van der Waals surface area contributed by atoms with Gasteiger partial charge < -0.3 is 129 Å². The van der Waals surface area contributed by atoms with Gasteiger partial charge in [0.05, 0.1) is 91.8 Å². The van der Waals surface area contributed by atoms with Crippen molar-refractivity contribution < 1.29 is 183 Å². The molecule has 1 aliphatic carbocycles. The molecule has 61 nitrogen and oxygen atoms in total. The largest absolute Gasteiger partial charge is 0.510 e. The van der Waals surface area contributed by atoms with Crippen LogP contribution < -0.4 is 28.7 Å². The number of imidazole rings is 1. The number of aromatic nitrogens is 18. The van der Waals surface area contributed by atoms with Crippen molar-refractivity contribution in [1.29, 1.82) is 0 Å². The van der Waals surface area contributed by atoms with E-state index < -0.39 is 208 Å². The van der Waals surface area contributed by atoms with Crippen molar-refractivity contribution in [3.05, 3.63) is 103 Å². The van der Waals surface area contributed by atoms with E-state index >= 15 is 0 Å². The van der Waals surface area contributed by atoms with Crippen molar-refractivity contribution >= 4 is 132 Å². The van der Waals surface area contributed by atoms with Gasteiger partial charge in [0.1, 0.15) is 91.6 Å². The molecule has 11 rings (SSSR count). The molecule has 0 spiro atoms. The first kappa shape index (κ1) is 119. The molecular weight excluding hydrogens is 2030 g/mol. The van der Waals surface area contributed by atoms with Crippen LogP contribution in [0.4, 0.5) is 62.2 Å². The number of halogens is 1. The molecule has 3 atom stereocenters. The van der Waals surface area contributed by atoms with Crippen LogP contribution in [-0.4, -0.2) is 291 Å². The molecule has 0 amide bonds. The standard InChI is InChI=1S/C19H30N5O10P.C19H29N4O10P.C18H29N6O10P.C11H15N4O4P.C10H14FN4O4P/c1-12(2)33-18(25)28-9-31-35(27,32-10-29-19(26)34-13(3)4)11-30-14(5)6-16-21-7-15-17(20)22-8-23-24(15)16;1-13(2)32-18(24)28-11-30-34(26,31-12-29-19(25)33-14(3)4)8-7-27-9-15-5-6-16-17(20)21-10-22-23(15)16;1-11(2)33-17(25)28-8-31-35(27,32-9-29-18(26)34-12(3)4)10-30-13(5)6-14-22-23-16-15(19)20-7-21-24(14)16;12-10-9-2-1-8(15(9)14-6-13-10)5-11(3-4-11)19-7-20(16,17)18;11-4-8(19-6-20(16,17)18)3-7-1-2-9-10(12)13-5-14-15(7)9/h7-8,12-14H,6,9-11H2,1-5H3,(H2,20,22,23);5-6,10,13-14H,7-9,11-12H2,1-4H3,(H2,20,21,22);7,11-13H,6,8-10H2,1-5H3,(H2,19,20,21);1-2,6H,3-5,7H2,(H2,12,13,14)(H2,16,17,18);1-2,5,8H,3-4,6H2,(H2,12,13,14)(H2,16,17,18). The lowest BCUT2D eigenvalue weighted by molar-refractivity contribution is -0.0386. The Bertz CT molecular complexity index is 5790. The zero-order valence-electron chi connectivity index (χ0n) is 80.5. The summed E-state index contributed by atoms with van der Waals surface area (Å²) in [4.78, 5) is 128. The number of carbonyl (C=O) groups is 6. The van der Waals surface area contributed by atoms with E-state index in [1.54, 1.807) is 130 Å². The predicted molar refractivity (Wildman–Crippen MR) is 493 cm³/mol. The van der Waals surface area contributed by atoms with Crippen molar-refractivity contribution in [1.82, 2.24) is 88.2 Å². The molecule has 144 heavy (non-hydrogen) atoms. The number of nitrogen functional groups attached to an aromatic ring is 5. The molecule has 0 saturated heterocycles. The minimum atomic E-state index is -4.32. The summed E-state index contributed by atoms with van der Waals surface area (Å²) in [7, 11) is -20.5. The second-order valence-electron chi connectivity index (χ2n) is 31.7. The lowest BCUT2D eigenvalue weighted by Gasteiger charge is -2.20. The third kappa shape index (κ3) is 42.3. The smallest absolute Gasteiger partial charge is 0.432 e. The first-order valence-corrected chi connectivity index (χ1v) is 52.0. The fourth-order valence-electron chi connectivity index (χ4n) is 11.1. The summed E-state index contributed by atoms with van der Waals surface area (Å²) in [6, 6.07) is 10.6. The second kappa shape index (κ2) is 57.0. The van der Waals surface area contributed by atoms with Gasteiger partial charge in [0, 0.05) is 37.1 Å². The monoisotopic (exact) mass is 2150 g/mol. The van der Waals surface area contributed by atoms with E-state index in [0.29, 0.717) is 69.0 Å². The number of hydrogen-bond acceptors (Lipinski definition) is 52. The normalized spacial score (nSPS) is 13.3. The van der Waals surface area contributed by atoms with Crippen LogP contribution in [0.25, 0.3) is 27.7 Å². The summed E-state index contributed by atoms with van der Waals surface area (Å²) in [6.07, 6.45) is -2.72. The van der Waals surface area contributed by atoms with Gasteiger partial charge in [-0.1, -0.05) is 0 Å². The molecule has 14 N–H and O–H groups in total. The number of hydrogen-bond donors (Lipinski definition) is 9. The molecule has 10 heterocycles. The van der Waals surface area contributed by atoms with Crippen LogP contribution in [0.3, 0.4) is 0 Å². The van der Waals surface area contributed by atoms with Crippen molar-refractivity contribution in [3.63, 3.8) is 0 Å². The SMILES string of the molecule is CC(C)OC(=O)OCOP(=O)(CCOCc1ccc2c(N)ncnn12)OCOC(=O)OC(C)C.CC(C)OC(=O)OCOP(=O)(COC(C)Cc1ncc2c(N)ncnn12)OCOC(=O)OC(C)C.CC(C)OC(=O)OCOP(=O)(COC(C)Cc1nnc2c(N)ncnn12)OCOC(=O)OC(C)C.Nc1ncnn2c(CC(CF)OCP(=O)(O)O)ccc12.Nc1ncnn2c(CC3(OCP(=O)(O)O)CC3)ccc12. The number of rotatable bonds is 50. The topological polar surface area (TPSA) is 801 Å². The van der Waals surface area contributed by atoms with Gasteiger partial charge in [-0.25, -0.2) is 81.1 Å². The van der Waals surface area contributed by atoms with Crippen LogP contribution in [0.15, 0.2) is 74.2 Å². The lowest BCUT2D eigenvalue weighted by atomic mass is 10.2. The second-order valence-corrected chi connectivity index (χ2v) is 41.1. The van der Waals surface area contributed by atoms with E-state index in [2.05, 4.69) is 65.6 Å². The van der Waals surface area contributed by atoms with Gasteiger partial charge in [-0.3, -0.25) is 50.0 Å². The van der Waals surface area contributed by atoms with E-state index in [1.807, 2.05) is 12.1 Å². The Balaban J connectivity index is 0.000000249. The van der Waals surface area contributed by atoms with Gasteiger partial charge in [-0.05, 0) is 146 Å². The summed E-state index contributed by atoms with van der Waals surface area (Å²) in [5.41, 5.74) is 33.2. The highest BCUT2D eigenvalue weighted by molar-refractivity contribution is 7.54. The van der Waals surface area contributed by atoms with E-state index in [9.17, 15) is 56.0 Å². The van der Waals surface area contributed by atoms with Crippen molar-refractivity contribution in [2.45, 2.75) is 203 Å². The highest BCUT2D eigenvalue weighted by atomic mass is 31.2. The Labute approximate surface area is 819 Å². The average molecular weight is 2150 g/mol. The summed E-state index contributed by atoms with van der Waals surface area (Å²) in [5, 5.41) is 28.3. The third-order valence-corrected chi connectivity index (χ3v) is 23.2. The Morgan fingerprint density at radius 2 is 0.729 bits per heavy atom. The summed E-state index contributed by atoms with van der Waals surface area (Å²) in [6.45, 7) is 17.6. The number of anilines is 5. The van der Waals surface area contributed by atoms with Crippen molar-refractivity contribution in [2.75, 3.05) is 114 Å². The Kier molecular flexibility index (Phi) is 47.1. The zero-order valence-corrected chi connectivity index (χ0v) is 85.0. The minimum absolute atomic E-state index is 0.0715. The highest BCUT2D eigenvalue weighted by Gasteiger charge is 2.46. The number of ether oxygens (including phenoxy) is 17. The third-order valence-electron chi connectivity index (χ3n) is 17.6. The van der Waals surface area contributed by atoms with Gasteiger partial charge in [-0.15, -0.1) is 10.2 Å². The van der Waals surface area contributed by atoms with Crippen molar-refractivity contribution in [2.24, 2.45) is 0 Å². The molecule has 1 aliphatic rings. The molecule has 1 fully saturated rings. The maximum Gasteiger partial charge on any atom is 0.510 e. The van der Waals surface area contributed by atoms with Crippen LogP contribution >= 0.6 is 38.0 Å². The molecule has 0 radical (unpaired) electrons. The number of alkyl halides is 1. The van der Waals surface area contributed by atoms with Gasteiger partial charge >= 0.3 is 74.9 Å². The first-order chi connectivity index (χ1) is 67.9. The number of fused-ring (bicyclic) bond motifs is 5. The van der Waals surface area contributed by atoms with E-state index in [4.69, 9.17) is 156 Å². The number of nitrogens with zero attached hydrogens (tertiary/aromatic N) is 18. The lowest BCUT2D eigenvalue weighted by Crippen LogP contribution is -2.20. The summed E-state index contributed by atoms with van der Waals surface area (Å²) < 4.78 is 196. The quantitative estimate of drug-likeness (QED) is 0.00564. The number of carbonyl (C=O) groups excluding carboxylic acids is 6. The minimum Gasteiger partial charge on any atom is -0.432 e. The molecule has 0 aliphatic heterocycles. The molecule has 0 bridgehead atoms. The van der Waals surface area contributed by atoms with Crippen LogP contribution in [0.5, 0.6) is 0 Å². The molecule has 10 aromatic heterocycles. The maximum absolute atomic E-state index is 13.1. The Morgan fingerprint density at radius 1 is 0.389 bits per heavy atom. The van der Waals surface area contributed by atoms with Gasteiger partial charge in [-0.2, -0.15) is 30.0 Å².